The van der Waals surface area contributed by atoms with Crippen molar-refractivity contribution in [3.63, 3.8) is 0 Å². The lowest BCUT2D eigenvalue weighted by Crippen LogP contribution is -2.28. The molecule has 2 aromatic carbocycles. The number of hydrogen-bond donors (Lipinski definition) is 2. The molecule has 1 aliphatic heterocycles. The van der Waals surface area contributed by atoms with E-state index in [1.54, 1.807) is 24.3 Å². The maximum atomic E-state index is 12.6. The molecular weight excluding hydrogens is 463 g/mol. The molecule has 0 saturated heterocycles. The van der Waals surface area contributed by atoms with E-state index in [-0.39, 0.29) is 18.9 Å². The van der Waals surface area contributed by atoms with E-state index in [9.17, 15) is 9.59 Å². The maximum absolute atomic E-state index is 12.6. The third-order valence-electron chi connectivity index (χ3n) is 5.53. The molecule has 0 spiro atoms. The molecule has 33 heavy (non-hydrogen) atoms. The van der Waals surface area contributed by atoms with Crippen LogP contribution in [0.2, 0.25) is 10.0 Å². The quantitative estimate of drug-likeness (QED) is 0.435. The summed E-state index contributed by atoms with van der Waals surface area (Å²) in [6.45, 7) is 2.80. The number of nitrogens with one attached hydrogen (secondary N) is 2. The van der Waals surface area contributed by atoms with Crippen molar-refractivity contribution in [2.45, 2.75) is 39.3 Å². The molecule has 4 rings (SSSR count). The van der Waals surface area contributed by atoms with Gasteiger partial charge in [0, 0.05) is 35.1 Å². The average molecular weight is 487 g/mol. The molecule has 0 radical (unpaired) electrons. The van der Waals surface area contributed by atoms with Crippen molar-refractivity contribution >= 4 is 40.9 Å². The van der Waals surface area contributed by atoms with Crippen molar-refractivity contribution in [2.24, 2.45) is 0 Å². The van der Waals surface area contributed by atoms with Crippen LogP contribution in [0.25, 0.3) is 0 Å². The Morgan fingerprint density at radius 2 is 1.94 bits per heavy atom. The number of aromatic nitrogens is 2. The molecule has 1 aliphatic rings. The minimum Gasteiger partial charge on any atom is -0.389 e. The zero-order chi connectivity index (χ0) is 23.4. The molecular formula is C24H24Cl2N4O3. The average Bonchev–Trinajstić information content (AvgIpc) is 3.14. The number of aryl methyl sites for hydroxylation is 2. The van der Waals surface area contributed by atoms with E-state index in [2.05, 4.69) is 15.6 Å². The minimum absolute atomic E-state index is 0.0397. The van der Waals surface area contributed by atoms with E-state index >= 15 is 0 Å². The van der Waals surface area contributed by atoms with E-state index in [4.69, 9.17) is 27.9 Å². The van der Waals surface area contributed by atoms with E-state index in [0.717, 1.165) is 36.2 Å². The van der Waals surface area contributed by atoms with Crippen molar-refractivity contribution in [1.29, 1.82) is 0 Å². The third kappa shape index (κ3) is 5.49. The van der Waals surface area contributed by atoms with Crippen LogP contribution >= 0.6 is 23.2 Å². The molecule has 0 saturated carbocycles. The Kier molecular flexibility index (Phi) is 7.20. The first-order chi connectivity index (χ1) is 15.9. The number of benzene rings is 2. The summed E-state index contributed by atoms with van der Waals surface area (Å²) in [6, 6.07) is 12.4. The SMILES string of the molecule is Cc1cc(Cl)cc(Cl)c1CNC(=O)Oc1c(NCC(=O)c2ccccc2)nc2n1CCCC2. The largest absolute Gasteiger partial charge is 0.414 e. The predicted octanol–water partition coefficient (Wildman–Crippen LogP) is 5.42. The predicted molar refractivity (Wildman–Crippen MR) is 128 cm³/mol. The van der Waals surface area contributed by atoms with Crippen LogP contribution in [-0.4, -0.2) is 28.0 Å². The molecule has 3 aromatic rings. The van der Waals surface area contributed by atoms with E-state index in [1.807, 2.05) is 29.7 Å². The number of ether oxygens (including phenoxy) is 1. The first-order valence-electron chi connectivity index (χ1n) is 10.7. The lowest BCUT2D eigenvalue weighted by molar-refractivity contribution is 0.101. The second-order valence-electron chi connectivity index (χ2n) is 7.86. The van der Waals surface area contributed by atoms with Gasteiger partial charge in [0.05, 0.1) is 6.54 Å². The number of carbonyl (C=O) groups excluding carboxylic acids is 2. The molecule has 0 aliphatic carbocycles. The van der Waals surface area contributed by atoms with Gasteiger partial charge in [-0.2, -0.15) is 0 Å². The molecule has 2 N–H and O–H groups in total. The Morgan fingerprint density at radius 3 is 2.70 bits per heavy atom. The fourth-order valence-corrected chi connectivity index (χ4v) is 4.47. The Bertz CT molecular complexity index is 1150. The summed E-state index contributed by atoms with van der Waals surface area (Å²) < 4.78 is 7.54. The van der Waals surface area contributed by atoms with Gasteiger partial charge < -0.3 is 15.4 Å². The molecule has 7 nitrogen and oxygen atoms in total. The Hall–Kier alpha value is -3.03. The van der Waals surface area contributed by atoms with Crippen LogP contribution in [0.1, 0.15) is 40.2 Å². The summed E-state index contributed by atoms with van der Waals surface area (Å²) in [5.74, 6) is 1.44. The van der Waals surface area contributed by atoms with Crippen molar-refractivity contribution in [2.75, 3.05) is 11.9 Å². The summed E-state index contributed by atoms with van der Waals surface area (Å²) >= 11 is 12.3. The number of nitrogens with zero attached hydrogens (tertiary/aromatic N) is 2. The van der Waals surface area contributed by atoms with Gasteiger partial charge >= 0.3 is 6.09 Å². The smallest absolute Gasteiger partial charge is 0.389 e. The fraction of sp³-hybridized carbons (Fsp3) is 0.292. The number of ketones is 1. The second-order valence-corrected chi connectivity index (χ2v) is 8.70. The number of hydrogen-bond acceptors (Lipinski definition) is 5. The highest BCUT2D eigenvalue weighted by molar-refractivity contribution is 6.35. The van der Waals surface area contributed by atoms with Crippen LogP contribution in [0.4, 0.5) is 10.6 Å². The van der Waals surface area contributed by atoms with Crippen molar-refractivity contribution in [3.05, 3.63) is 75.0 Å². The minimum atomic E-state index is -0.633. The first-order valence-corrected chi connectivity index (χ1v) is 11.5. The zero-order valence-electron chi connectivity index (χ0n) is 18.2. The fourth-order valence-electron chi connectivity index (χ4n) is 3.81. The van der Waals surface area contributed by atoms with Gasteiger partial charge in [-0.3, -0.25) is 9.36 Å². The van der Waals surface area contributed by atoms with E-state index in [1.165, 1.54) is 0 Å². The number of halogens is 2. The third-order valence-corrected chi connectivity index (χ3v) is 6.08. The van der Waals surface area contributed by atoms with Gasteiger partial charge in [0.25, 0.3) is 0 Å². The van der Waals surface area contributed by atoms with E-state index < -0.39 is 6.09 Å². The van der Waals surface area contributed by atoms with Crippen LogP contribution in [0.3, 0.4) is 0 Å². The summed E-state index contributed by atoms with van der Waals surface area (Å²) in [7, 11) is 0. The van der Waals surface area contributed by atoms with Crippen LogP contribution in [0.5, 0.6) is 5.88 Å². The Labute approximate surface area is 202 Å². The number of anilines is 1. The lowest BCUT2D eigenvalue weighted by atomic mass is 10.1. The second kappa shape index (κ2) is 10.3. The standard InChI is InChI=1S/C24H24Cl2N4O3/c1-15-11-17(25)12-19(26)18(15)13-28-24(32)33-23-22(29-21-9-5-6-10-30(21)23)27-14-20(31)16-7-3-2-4-8-16/h2-4,7-8,11-12,27H,5-6,9-10,13-14H2,1H3,(H,28,32). The highest BCUT2D eigenvalue weighted by Crippen LogP contribution is 2.30. The van der Waals surface area contributed by atoms with Crippen LogP contribution in [0, 0.1) is 6.92 Å². The number of rotatable bonds is 7. The molecule has 2 heterocycles. The van der Waals surface area contributed by atoms with Crippen LogP contribution < -0.4 is 15.4 Å². The van der Waals surface area contributed by atoms with Gasteiger partial charge in [-0.25, -0.2) is 9.78 Å². The number of carbonyl (C=O) groups is 2. The number of Topliss-reactive ketones (excluding diaryl/α,β-unsaturated/α-hetero) is 1. The van der Waals surface area contributed by atoms with Gasteiger partial charge in [0.2, 0.25) is 5.88 Å². The summed E-state index contributed by atoms with van der Waals surface area (Å²) in [6.07, 6.45) is 2.13. The van der Waals surface area contributed by atoms with Gasteiger partial charge in [0.15, 0.2) is 11.6 Å². The number of fused-ring (bicyclic) bond motifs is 1. The molecule has 0 atom stereocenters. The maximum Gasteiger partial charge on any atom is 0.414 e. The van der Waals surface area contributed by atoms with Crippen LogP contribution in [0.15, 0.2) is 42.5 Å². The van der Waals surface area contributed by atoms with Crippen molar-refractivity contribution < 1.29 is 14.3 Å². The molecule has 0 bridgehead atoms. The van der Waals surface area contributed by atoms with Crippen molar-refractivity contribution in [1.82, 2.24) is 14.9 Å². The lowest BCUT2D eigenvalue weighted by Gasteiger charge is -2.16. The van der Waals surface area contributed by atoms with Crippen molar-refractivity contribution in [3.8, 4) is 5.88 Å². The zero-order valence-corrected chi connectivity index (χ0v) is 19.7. The summed E-state index contributed by atoms with van der Waals surface area (Å²) in [5, 5.41) is 6.80. The van der Waals surface area contributed by atoms with Gasteiger partial charge in [-0.05, 0) is 43.0 Å². The van der Waals surface area contributed by atoms with Gasteiger partial charge in [-0.15, -0.1) is 0 Å². The monoisotopic (exact) mass is 486 g/mol. The normalized spacial score (nSPS) is 12.7. The Morgan fingerprint density at radius 1 is 1.15 bits per heavy atom. The molecule has 9 heteroatoms. The van der Waals surface area contributed by atoms with E-state index in [0.29, 0.717) is 33.9 Å². The number of imidazole rings is 1. The van der Waals surface area contributed by atoms with Gasteiger partial charge in [-0.1, -0.05) is 53.5 Å². The highest BCUT2D eigenvalue weighted by atomic mass is 35.5. The summed E-state index contributed by atoms with van der Waals surface area (Å²) in [4.78, 5) is 29.7. The van der Waals surface area contributed by atoms with Gasteiger partial charge in [0.1, 0.15) is 5.82 Å². The van der Waals surface area contributed by atoms with Crippen LogP contribution in [-0.2, 0) is 19.5 Å². The molecule has 172 valence electrons. The molecule has 1 aromatic heterocycles. The molecule has 1 amide bonds. The molecule has 0 unspecified atom stereocenters. The molecule has 0 fully saturated rings. The topological polar surface area (TPSA) is 85.2 Å². The first kappa shape index (κ1) is 23.1. The summed E-state index contributed by atoms with van der Waals surface area (Å²) in [5.41, 5.74) is 2.24. The Balaban J connectivity index is 1.46. The highest BCUT2D eigenvalue weighted by Gasteiger charge is 2.24. The number of amides is 1.